The van der Waals surface area contributed by atoms with Gasteiger partial charge in [-0.2, -0.15) is 24.4 Å². The Bertz CT molecular complexity index is 1020. The first-order valence-electron chi connectivity index (χ1n) is 12.5. The largest absolute Gasteiger partial charge is 0.481 e. The molecule has 2 aromatic rings. The Morgan fingerprint density at radius 3 is 2.61 bits per heavy atom. The number of aryl methyl sites for hydroxylation is 2. The number of aromatic nitrogens is 1. The van der Waals surface area contributed by atoms with Crippen molar-refractivity contribution in [3.63, 3.8) is 0 Å². The number of ether oxygens (including phenoxy) is 2. The van der Waals surface area contributed by atoms with Crippen molar-refractivity contribution in [3.8, 4) is 11.5 Å². The van der Waals surface area contributed by atoms with E-state index in [0.29, 0.717) is 18.3 Å². The average Bonchev–Trinajstić information content (AvgIpc) is 3.21. The molecule has 0 amide bonds. The van der Waals surface area contributed by atoms with E-state index in [4.69, 9.17) is 13.9 Å². The maximum atomic E-state index is 12.5. The third-order valence-electron chi connectivity index (χ3n) is 6.65. The summed E-state index contributed by atoms with van der Waals surface area (Å²) in [5, 5.41) is 8.92. The lowest BCUT2D eigenvalue weighted by molar-refractivity contribution is -0.145. The number of carboxylic acid groups (broad SMARTS) is 1. The summed E-state index contributed by atoms with van der Waals surface area (Å²) in [4.78, 5) is 28.7. The Morgan fingerprint density at radius 2 is 1.94 bits per heavy atom. The molecule has 0 aliphatic heterocycles. The highest BCUT2D eigenvalue weighted by atomic mass is 32.2. The fourth-order valence-electron chi connectivity index (χ4n) is 4.38. The smallest absolute Gasteiger partial charge is 0.322 e. The number of rotatable bonds is 12. The number of oxazole rings is 1. The predicted molar refractivity (Wildman–Crippen MR) is 144 cm³/mol. The minimum atomic E-state index is -1.20. The molecule has 0 saturated heterocycles. The summed E-state index contributed by atoms with van der Waals surface area (Å²) in [6.07, 6.45) is 3.99. The summed E-state index contributed by atoms with van der Waals surface area (Å²) in [7, 11) is 0. The standard InChI is InChI=1S/C27H37NO6S2/c1-5-32-26(31)27(4,35)23(14-24(29)30)36-16-20-8-6-7-9-22(20)33-15-21-18(3)34-25(28-21)19-12-10-17(2)11-13-19/h10-13,20,22-23,35H,5-9,14-16H2,1-4H3,(H,29,30)/t20-,22-,23?,27?/m0/s1. The molecule has 1 aliphatic carbocycles. The number of benzene rings is 1. The van der Waals surface area contributed by atoms with Gasteiger partial charge < -0.3 is 19.0 Å². The zero-order valence-electron chi connectivity index (χ0n) is 21.5. The number of thioether (sulfide) groups is 1. The van der Waals surface area contributed by atoms with Crippen molar-refractivity contribution in [1.29, 1.82) is 0 Å². The van der Waals surface area contributed by atoms with Crippen LogP contribution >= 0.6 is 24.4 Å². The van der Waals surface area contributed by atoms with Crippen LogP contribution in [-0.4, -0.2) is 50.5 Å². The number of nitrogens with zero attached hydrogens (tertiary/aromatic N) is 1. The second-order valence-corrected chi connectivity index (χ2v) is 11.7. The van der Waals surface area contributed by atoms with Crippen molar-refractivity contribution in [1.82, 2.24) is 4.98 Å². The quantitative estimate of drug-likeness (QED) is 0.257. The molecule has 4 atom stereocenters. The highest BCUT2D eigenvalue weighted by Crippen LogP contribution is 2.38. The van der Waals surface area contributed by atoms with E-state index in [2.05, 4.69) is 17.6 Å². The van der Waals surface area contributed by atoms with Gasteiger partial charge in [0.05, 0.1) is 25.7 Å². The molecule has 0 spiro atoms. The Kier molecular flexibility index (Phi) is 10.3. The van der Waals surface area contributed by atoms with Gasteiger partial charge in [-0.25, -0.2) is 4.98 Å². The van der Waals surface area contributed by atoms with E-state index in [9.17, 15) is 14.7 Å². The normalized spacial score (nSPS) is 20.5. The molecule has 198 valence electrons. The van der Waals surface area contributed by atoms with Crippen molar-refractivity contribution < 1.29 is 28.6 Å². The van der Waals surface area contributed by atoms with Gasteiger partial charge in [0.2, 0.25) is 5.89 Å². The highest BCUT2D eigenvalue weighted by molar-refractivity contribution is 8.01. The highest BCUT2D eigenvalue weighted by Gasteiger charge is 2.42. The third kappa shape index (κ3) is 7.52. The first-order chi connectivity index (χ1) is 17.1. The molecule has 0 radical (unpaired) electrons. The summed E-state index contributed by atoms with van der Waals surface area (Å²) in [6.45, 7) is 7.90. The van der Waals surface area contributed by atoms with Crippen molar-refractivity contribution in [3.05, 3.63) is 41.3 Å². The van der Waals surface area contributed by atoms with E-state index in [1.54, 1.807) is 13.8 Å². The van der Waals surface area contributed by atoms with E-state index in [1.165, 1.54) is 17.3 Å². The molecule has 9 heteroatoms. The van der Waals surface area contributed by atoms with Crippen molar-refractivity contribution in [2.75, 3.05) is 12.4 Å². The minimum Gasteiger partial charge on any atom is -0.481 e. The first-order valence-corrected chi connectivity index (χ1v) is 14.0. The van der Waals surface area contributed by atoms with Gasteiger partial charge in [-0.1, -0.05) is 30.5 Å². The van der Waals surface area contributed by atoms with Crippen LogP contribution in [0.2, 0.25) is 0 Å². The van der Waals surface area contributed by atoms with E-state index >= 15 is 0 Å². The average molecular weight is 536 g/mol. The predicted octanol–water partition coefficient (Wildman–Crippen LogP) is 5.86. The molecular formula is C27H37NO6S2. The SMILES string of the molecule is CCOC(=O)C(C)(S)C(CC(=O)O)SC[C@@H]1CCCC[C@@H]1OCc1nc(-c2ccc(C)cc2)oc1C. The number of aliphatic carboxylic acids is 1. The fourth-order valence-corrected chi connectivity index (χ4v) is 6.30. The second kappa shape index (κ2) is 13.0. The molecule has 1 heterocycles. The lowest BCUT2D eigenvalue weighted by atomic mass is 9.88. The van der Waals surface area contributed by atoms with Crippen LogP contribution in [-0.2, 0) is 25.7 Å². The number of hydrogen-bond acceptors (Lipinski definition) is 8. The summed E-state index contributed by atoms with van der Waals surface area (Å²) < 4.78 is 16.2. The van der Waals surface area contributed by atoms with Crippen LogP contribution < -0.4 is 0 Å². The molecule has 3 rings (SSSR count). The molecule has 1 N–H and O–H groups in total. The number of carbonyl (C=O) groups excluding carboxylic acids is 1. The van der Waals surface area contributed by atoms with Gasteiger partial charge in [0, 0.05) is 10.8 Å². The van der Waals surface area contributed by atoms with Crippen molar-refractivity contribution >= 4 is 36.3 Å². The summed E-state index contributed by atoms with van der Waals surface area (Å²) in [6, 6.07) is 8.06. The molecule has 1 aliphatic rings. The maximum absolute atomic E-state index is 12.5. The van der Waals surface area contributed by atoms with Gasteiger partial charge in [-0.3, -0.25) is 9.59 Å². The van der Waals surface area contributed by atoms with Crippen LogP contribution in [0, 0.1) is 19.8 Å². The van der Waals surface area contributed by atoms with Gasteiger partial charge in [0.25, 0.3) is 0 Å². The molecule has 1 fully saturated rings. The molecule has 36 heavy (non-hydrogen) atoms. The summed E-state index contributed by atoms with van der Waals surface area (Å²) in [5.41, 5.74) is 2.90. The Balaban J connectivity index is 1.64. The number of hydrogen-bond donors (Lipinski definition) is 2. The molecule has 1 saturated carbocycles. The molecule has 1 aromatic heterocycles. The minimum absolute atomic E-state index is 0.0319. The van der Waals surface area contributed by atoms with E-state index in [1.807, 2.05) is 38.1 Å². The first kappa shape index (κ1) is 28.6. The maximum Gasteiger partial charge on any atom is 0.322 e. The third-order valence-corrected chi connectivity index (χ3v) is 8.98. The Morgan fingerprint density at radius 1 is 1.25 bits per heavy atom. The summed E-state index contributed by atoms with van der Waals surface area (Å²) in [5.74, 6) is 0.813. The van der Waals surface area contributed by atoms with Crippen LogP contribution in [0.3, 0.4) is 0 Å². The van der Waals surface area contributed by atoms with Crippen LogP contribution in [0.25, 0.3) is 11.5 Å². The van der Waals surface area contributed by atoms with E-state index < -0.39 is 21.9 Å². The molecule has 2 unspecified atom stereocenters. The number of carbonyl (C=O) groups is 2. The van der Waals surface area contributed by atoms with Gasteiger partial charge in [-0.15, -0.1) is 0 Å². The van der Waals surface area contributed by atoms with Crippen molar-refractivity contribution in [2.45, 2.75) is 82.5 Å². The van der Waals surface area contributed by atoms with Crippen molar-refractivity contribution in [2.24, 2.45) is 5.92 Å². The van der Waals surface area contributed by atoms with E-state index in [-0.39, 0.29) is 25.0 Å². The fraction of sp³-hybridized carbons (Fsp3) is 0.593. The number of carboxylic acids is 1. The molecule has 7 nitrogen and oxygen atoms in total. The Hall–Kier alpha value is -1.97. The van der Waals surface area contributed by atoms with Crippen LogP contribution in [0.15, 0.2) is 28.7 Å². The van der Waals surface area contributed by atoms with Gasteiger partial charge in [0.1, 0.15) is 16.2 Å². The lowest BCUT2D eigenvalue weighted by Gasteiger charge is -2.34. The van der Waals surface area contributed by atoms with Gasteiger partial charge in [-0.05, 0) is 64.3 Å². The van der Waals surface area contributed by atoms with Crippen LogP contribution in [0.1, 0.15) is 63.0 Å². The molecular weight excluding hydrogens is 498 g/mol. The monoisotopic (exact) mass is 535 g/mol. The number of thiol groups is 1. The van der Waals surface area contributed by atoms with Gasteiger partial charge in [0.15, 0.2) is 0 Å². The lowest BCUT2D eigenvalue weighted by Crippen LogP contribution is -2.43. The van der Waals surface area contributed by atoms with E-state index in [0.717, 1.165) is 42.7 Å². The zero-order valence-corrected chi connectivity index (χ0v) is 23.2. The van der Waals surface area contributed by atoms with Gasteiger partial charge >= 0.3 is 11.9 Å². The molecule has 0 bridgehead atoms. The summed E-state index contributed by atoms with van der Waals surface area (Å²) >= 11 is 6.01. The zero-order chi connectivity index (χ0) is 26.3. The molecule has 1 aromatic carbocycles. The number of esters is 1. The topological polar surface area (TPSA) is 98.9 Å². The van der Waals surface area contributed by atoms with Crippen LogP contribution in [0.4, 0.5) is 0 Å². The van der Waals surface area contributed by atoms with Crippen LogP contribution in [0.5, 0.6) is 0 Å². The Labute approximate surface area is 223 Å². The second-order valence-electron chi connectivity index (χ2n) is 9.57.